The van der Waals surface area contributed by atoms with E-state index in [4.69, 9.17) is 9.47 Å². The van der Waals surface area contributed by atoms with Crippen LogP contribution in [0.25, 0.3) is 50.1 Å². The molecular weight excluding hydrogens is 412 g/mol. The van der Waals surface area contributed by atoms with Crippen LogP contribution in [0.4, 0.5) is 0 Å². The number of ether oxygens (including phenoxy) is 2. The Morgan fingerprint density at radius 1 is 0.848 bits per heavy atom. The lowest BCUT2D eigenvalue weighted by atomic mass is 9.88. The zero-order valence-corrected chi connectivity index (χ0v) is 18.7. The van der Waals surface area contributed by atoms with Gasteiger partial charge in [-0.3, -0.25) is 0 Å². The van der Waals surface area contributed by atoms with Crippen LogP contribution >= 0.6 is 0 Å². The van der Waals surface area contributed by atoms with Gasteiger partial charge >= 0.3 is 0 Å². The van der Waals surface area contributed by atoms with Crippen molar-refractivity contribution < 1.29 is 14.6 Å². The molecule has 3 aromatic carbocycles. The Morgan fingerprint density at radius 3 is 2.03 bits per heavy atom. The van der Waals surface area contributed by atoms with Crippen molar-refractivity contribution >= 4 is 27.9 Å². The Bertz CT molecular complexity index is 1570. The minimum Gasteiger partial charge on any atom is -0.504 e. The van der Waals surface area contributed by atoms with Crippen LogP contribution in [-0.2, 0) is 0 Å². The van der Waals surface area contributed by atoms with Gasteiger partial charge in [-0.1, -0.05) is 42.5 Å². The lowest BCUT2D eigenvalue weighted by Crippen LogP contribution is -2.28. The van der Waals surface area contributed by atoms with Crippen molar-refractivity contribution in [3.05, 3.63) is 72.6 Å². The van der Waals surface area contributed by atoms with Gasteiger partial charge in [-0.15, -0.1) is 0 Å². The van der Waals surface area contributed by atoms with Gasteiger partial charge in [0.1, 0.15) is 11.4 Å². The maximum absolute atomic E-state index is 11.6. The minimum absolute atomic E-state index is 0.0919. The largest absolute Gasteiger partial charge is 0.504 e. The molecule has 1 aliphatic rings. The summed E-state index contributed by atoms with van der Waals surface area (Å²) in [5.41, 5.74) is 5.58. The number of benzene rings is 3. The Morgan fingerprint density at radius 2 is 1.42 bits per heavy atom. The normalized spacial score (nSPS) is 14.4. The molecular formula is C28H24N2O3. The minimum atomic E-state index is -0.507. The number of para-hydroxylation sites is 2. The molecule has 2 aromatic heterocycles. The molecule has 1 aliphatic heterocycles. The summed E-state index contributed by atoms with van der Waals surface area (Å²) in [5.74, 6) is 1.18. The molecule has 0 amide bonds. The van der Waals surface area contributed by atoms with Gasteiger partial charge in [0.15, 0.2) is 11.5 Å². The van der Waals surface area contributed by atoms with Crippen LogP contribution in [0.1, 0.15) is 19.4 Å². The predicted octanol–water partition coefficient (Wildman–Crippen LogP) is 6.88. The summed E-state index contributed by atoms with van der Waals surface area (Å²) in [4.78, 5) is 6.65. The zero-order chi connectivity index (χ0) is 22.7. The molecule has 0 saturated carbocycles. The molecule has 5 aromatic rings. The van der Waals surface area contributed by atoms with Crippen molar-refractivity contribution in [3.8, 4) is 39.5 Å². The third-order valence-electron chi connectivity index (χ3n) is 6.36. The number of H-pyrrole nitrogens is 2. The molecule has 0 fully saturated rings. The van der Waals surface area contributed by atoms with E-state index in [1.807, 2.05) is 80.9 Å². The number of hydrogen-bond donors (Lipinski definition) is 3. The monoisotopic (exact) mass is 436 g/mol. The first kappa shape index (κ1) is 19.6. The molecule has 0 radical (unpaired) electrons. The van der Waals surface area contributed by atoms with E-state index in [0.29, 0.717) is 17.1 Å². The maximum Gasteiger partial charge on any atom is 0.172 e. The molecule has 3 N–H and O–H groups in total. The Labute approximate surface area is 191 Å². The summed E-state index contributed by atoms with van der Waals surface area (Å²) >= 11 is 0. The van der Waals surface area contributed by atoms with E-state index in [9.17, 15) is 5.11 Å². The van der Waals surface area contributed by atoms with Gasteiger partial charge in [0.2, 0.25) is 0 Å². The third kappa shape index (κ3) is 2.85. The highest BCUT2D eigenvalue weighted by atomic mass is 16.5. The van der Waals surface area contributed by atoms with Crippen LogP contribution < -0.4 is 9.47 Å². The fourth-order valence-corrected chi connectivity index (χ4v) is 4.83. The number of methoxy groups -OCH3 is 1. The van der Waals surface area contributed by atoms with Crippen molar-refractivity contribution in [1.29, 1.82) is 0 Å². The van der Waals surface area contributed by atoms with Gasteiger partial charge in [-0.05, 0) is 32.1 Å². The highest BCUT2D eigenvalue weighted by Gasteiger charge is 2.33. The van der Waals surface area contributed by atoms with Gasteiger partial charge < -0.3 is 24.5 Å². The van der Waals surface area contributed by atoms with Crippen molar-refractivity contribution in [3.63, 3.8) is 0 Å². The van der Waals surface area contributed by atoms with E-state index in [1.54, 1.807) is 7.11 Å². The molecule has 5 heteroatoms. The average Bonchev–Trinajstić information content (AvgIpc) is 3.43. The fourth-order valence-electron chi connectivity index (χ4n) is 4.83. The topological polar surface area (TPSA) is 70.3 Å². The first-order chi connectivity index (χ1) is 16.0. The number of nitrogens with one attached hydrogen (secondary N) is 2. The molecule has 6 rings (SSSR count). The second-order valence-corrected chi connectivity index (χ2v) is 8.91. The van der Waals surface area contributed by atoms with Crippen LogP contribution in [0, 0.1) is 0 Å². The van der Waals surface area contributed by atoms with Crippen LogP contribution in [0.15, 0.2) is 67.0 Å². The smallest absolute Gasteiger partial charge is 0.172 e. The highest BCUT2D eigenvalue weighted by molar-refractivity contribution is 6.06. The Hall–Kier alpha value is -4.12. The quantitative estimate of drug-likeness (QED) is 0.289. The lowest BCUT2D eigenvalue weighted by molar-refractivity contribution is 0.159. The van der Waals surface area contributed by atoms with E-state index in [-0.39, 0.29) is 5.75 Å². The molecule has 0 aliphatic carbocycles. The molecule has 0 unspecified atom stereocenters. The number of phenols is 1. The number of aromatic nitrogens is 2. The van der Waals surface area contributed by atoms with Gasteiger partial charge in [-0.2, -0.15) is 0 Å². The van der Waals surface area contributed by atoms with Crippen LogP contribution in [-0.4, -0.2) is 27.8 Å². The van der Waals surface area contributed by atoms with Crippen molar-refractivity contribution in [2.24, 2.45) is 0 Å². The Kier molecular flexibility index (Phi) is 4.11. The molecule has 0 spiro atoms. The number of fused-ring (bicyclic) bond motifs is 3. The number of phenolic OH excluding ortho intramolecular Hbond substituents is 1. The predicted molar refractivity (Wildman–Crippen MR) is 133 cm³/mol. The second-order valence-electron chi connectivity index (χ2n) is 8.91. The van der Waals surface area contributed by atoms with E-state index < -0.39 is 5.60 Å². The van der Waals surface area contributed by atoms with E-state index in [0.717, 1.165) is 44.1 Å². The Balaban J connectivity index is 1.74. The average molecular weight is 437 g/mol. The fraction of sp³-hybridized carbons (Fsp3) is 0.143. The lowest BCUT2D eigenvalue weighted by Gasteiger charge is -2.32. The molecule has 0 bridgehead atoms. The van der Waals surface area contributed by atoms with Crippen LogP contribution in [0.3, 0.4) is 0 Å². The van der Waals surface area contributed by atoms with E-state index in [2.05, 4.69) is 16.0 Å². The standard InChI is InChI=1S/C28H24N2O3/c1-28(2)13-12-18-23(19-14-29-21-10-6-4-8-16(19)21)25(31)27(32-3)24(26(18)33-28)20-15-30-22-11-7-5-9-17(20)22/h4-15,29-31H,1-3H3. The molecule has 164 valence electrons. The first-order valence-electron chi connectivity index (χ1n) is 11.0. The van der Waals surface area contributed by atoms with Crippen LogP contribution in [0.2, 0.25) is 0 Å². The molecule has 0 saturated heterocycles. The summed E-state index contributed by atoms with van der Waals surface area (Å²) < 4.78 is 12.4. The third-order valence-corrected chi connectivity index (χ3v) is 6.36. The molecule has 0 atom stereocenters. The molecule has 5 nitrogen and oxygen atoms in total. The van der Waals surface area contributed by atoms with Crippen molar-refractivity contribution in [1.82, 2.24) is 9.97 Å². The number of hydrogen-bond acceptors (Lipinski definition) is 3. The maximum atomic E-state index is 11.6. The second kappa shape index (κ2) is 6.94. The van der Waals surface area contributed by atoms with Gasteiger partial charge in [-0.25, -0.2) is 0 Å². The van der Waals surface area contributed by atoms with E-state index >= 15 is 0 Å². The van der Waals surface area contributed by atoms with Gasteiger partial charge in [0.05, 0.1) is 12.7 Å². The number of aromatic hydroxyl groups is 1. The van der Waals surface area contributed by atoms with Gasteiger partial charge in [0, 0.05) is 56.5 Å². The summed E-state index contributed by atoms with van der Waals surface area (Å²) in [7, 11) is 1.59. The number of aromatic amines is 2. The molecule has 33 heavy (non-hydrogen) atoms. The summed E-state index contributed by atoms with van der Waals surface area (Å²) in [5, 5.41) is 13.7. The van der Waals surface area contributed by atoms with Crippen molar-refractivity contribution in [2.45, 2.75) is 19.4 Å². The van der Waals surface area contributed by atoms with Gasteiger partial charge in [0.25, 0.3) is 0 Å². The summed E-state index contributed by atoms with van der Waals surface area (Å²) in [6.07, 6.45) is 7.95. The molecule has 3 heterocycles. The highest BCUT2D eigenvalue weighted by Crippen LogP contribution is 2.56. The SMILES string of the molecule is COc1c(O)c(-c2c[nH]c3ccccc23)c2c(c1-c1c[nH]c3ccccc13)OC(C)(C)C=C2. The first-order valence-corrected chi connectivity index (χ1v) is 11.0. The number of rotatable bonds is 3. The summed E-state index contributed by atoms with van der Waals surface area (Å²) in [6.45, 7) is 4.05. The van der Waals surface area contributed by atoms with Crippen LogP contribution in [0.5, 0.6) is 17.2 Å². The van der Waals surface area contributed by atoms with E-state index in [1.165, 1.54) is 0 Å². The summed E-state index contributed by atoms with van der Waals surface area (Å²) in [6, 6.07) is 16.1. The zero-order valence-electron chi connectivity index (χ0n) is 18.7. The van der Waals surface area contributed by atoms with Crippen molar-refractivity contribution in [2.75, 3.05) is 7.11 Å².